The fraction of sp³-hybridized carbons (Fsp3) is 0.167. The summed E-state index contributed by atoms with van der Waals surface area (Å²) in [6, 6.07) is 3.14. The minimum Gasteiger partial charge on any atom is -0.313 e. The first kappa shape index (κ1) is 16.3. The largest absolute Gasteiger partial charge is 0.313 e. The Hall–Kier alpha value is -1.12. The van der Waals surface area contributed by atoms with Gasteiger partial charge in [0.2, 0.25) is 0 Å². The van der Waals surface area contributed by atoms with Crippen molar-refractivity contribution in [1.82, 2.24) is 10.4 Å². The van der Waals surface area contributed by atoms with Crippen LogP contribution >= 0.6 is 45.9 Å². The third-order valence-electron chi connectivity index (χ3n) is 2.36. The molecular weight excluding hydrogens is 353 g/mol. The number of nitrogens with zero attached hydrogens (tertiary/aromatic N) is 1. The number of carbonyl (C=O) groups excluding carboxylic acids is 2. The second kappa shape index (κ2) is 6.76. The van der Waals surface area contributed by atoms with E-state index in [0.29, 0.717) is 24.8 Å². The molecule has 0 spiro atoms. The number of hydrazine groups is 1. The molecule has 0 aromatic carbocycles. The summed E-state index contributed by atoms with van der Waals surface area (Å²) in [4.78, 5) is 24.1. The molecule has 2 amide bonds. The van der Waals surface area contributed by atoms with Crippen molar-refractivity contribution in [1.29, 1.82) is 0 Å². The lowest BCUT2D eigenvalue weighted by atomic mass is 10.3. The van der Waals surface area contributed by atoms with Crippen molar-refractivity contribution in [3.63, 3.8) is 0 Å². The van der Waals surface area contributed by atoms with E-state index in [1.807, 2.05) is 0 Å². The highest BCUT2D eigenvalue weighted by Gasteiger charge is 2.19. The van der Waals surface area contributed by atoms with Gasteiger partial charge in [-0.1, -0.05) is 23.2 Å². The molecule has 0 unspecified atom stereocenters. The normalized spacial score (nSPS) is 10.7. The first-order valence-electron chi connectivity index (χ1n) is 5.70. The molecule has 0 saturated heterocycles. The number of hydrogen-bond donors (Lipinski definition) is 2. The highest BCUT2D eigenvalue weighted by Crippen LogP contribution is 2.32. The van der Waals surface area contributed by atoms with Gasteiger partial charge in [-0.3, -0.25) is 15.0 Å². The maximum atomic E-state index is 12.2. The van der Waals surface area contributed by atoms with Gasteiger partial charge in [0, 0.05) is 14.1 Å². The first-order chi connectivity index (χ1) is 9.88. The molecule has 0 aliphatic rings. The summed E-state index contributed by atoms with van der Waals surface area (Å²) in [6.45, 7) is 0. The van der Waals surface area contributed by atoms with Crippen LogP contribution in [-0.2, 0) is 0 Å². The molecule has 2 aromatic heterocycles. The molecule has 5 nitrogen and oxygen atoms in total. The predicted octanol–water partition coefficient (Wildman–Crippen LogP) is 3.58. The maximum Gasteiger partial charge on any atom is 0.268 e. The van der Waals surface area contributed by atoms with Crippen LogP contribution in [0.4, 0.5) is 5.00 Å². The zero-order valence-electron chi connectivity index (χ0n) is 11.1. The van der Waals surface area contributed by atoms with Gasteiger partial charge in [0.25, 0.3) is 11.8 Å². The molecule has 2 N–H and O–H groups in total. The molecule has 0 bridgehead atoms. The lowest BCUT2D eigenvalue weighted by Crippen LogP contribution is -2.36. The number of nitrogens with one attached hydrogen (secondary N) is 2. The molecule has 112 valence electrons. The average Bonchev–Trinajstić information content (AvgIpc) is 2.95. The van der Waals surface area contributed by atoms with E-state index in [4.69, 9.17) is 23.2 Å². The Balaban J connectivity index is 2.17. The van der Waals surface area contributed by atoms with Crippen LogP contribution in [0.5, 0.6) is 0 Å². The zero-order valence-corrected chi connectivity index (χ0v) is 14.2. The standard InChI is InChI=1S/C12H11Cl2N3O2S2/c1-17(2)16-11(19)6-3-4-20-12(6)15-10(18)7-5-8(13)21-9(7)14/h3-5H,1-2H3,(H,15,18)(H,16,19). The summed E-state index contributed by atoms with van der Waals surface area (Å²) in [7, 11) is 3.41. The Labute approximate surface area is 139 Å². The summed E-state index contributed by atoms with van der Waals surface area (Å²) in [5, 5.41) is 6.39. The van der Waals surface area contributed by atoms with Crippen LogP contribution in [-0.4, -0.2) is 30.9 Å². The summed E-state index contributed by atoms with van der Waals surface area (Å²) in [5.41, 5.74) is 3.30. The Kier molecular flexibility index (Phi) is 5.23. The molecule has 2 rings (SSSR count). The van der Waals surface area contributed by atoms with E-state index in [0.717, 1.165) is 11.3 Å². The minimum atomic E-state index is -0.399. The summed E-state index contributed by atoms with van der Waals surface area (Å²) in [5.74, 6) is -0.699. The quantitative estimate of drug-likeness (QED) is 0.816. The number of anilines is 1. The third kappa shape index (κ3) is 3.96. The Morgan fingerprint density at radius 2 is 1.90 bits per heavy atom. The SMILES string of the molecule is CN(C)NC(=O)c1ccsc1NC(=O)c1cc(Cl)sc1Cl. The number of halogens is 2. The van der Waals surface area contributed by atoms with E-state index in [9.17, 15) is 9.59 Å². The van der Waals surface area contributed by atoms with Crippen LogP contribution in [0.25, 0.3) is 0 Å². The van der Waals surface area contributed by atoms with Crippen LogP contribution in [0.1, 0.15) is 20.7 Å². The molecule has 2 heterocycles. The molecule has 2 aromatic rings. The third-order valence-corrected chi connectivity index (χ3v) is 4.68. The number of amides is 2. The van der Waals surface area contributed by atoms with E-state index < -0.39 is 5.91 Å². The highest BCUT2D eigenvalue weighted by molar-refractivity contribution is 7.20. The van der Waals surface area contributed by atoms with Gasteiger partial charge in [0.1, 0.15) is 9.34 Å². The van der Waals surface area contributed by atoms with Gasteiger partial charge in [-0.25, -0.2) is 5.01 Å². The summed E-state index contributed by atoms with van der Waals surface area (Å²) in [6.07, 6.45) is 0. The van der Waals surface area contributed by atoms with Crippen LogP contribution in [0, 0.1) is 0 Å². The Bertz CT molecular complexity index is 682. The molecule has 0 fully saturated rings. The van der Waals surface area contributed by atoms with E-state index in [-0.39, 0.29) is 5.91 Å². The van der Waals surface area contributed by atoms with Gasteiger partial charge in [-0.05, 0) is 17.5 Å². The average molecular weight is 364 g/mol. The fourth-order valence-electron chi connectivity index (χ4n) is 1.51. The topological polar surface area (TPSA) is 61.4 Å². The fourth-order valence-corrected chi connectivity index (χ4v) is 3.75. The smallest absolute Gasteiger partial charge is 0.268 e. The van der Waals surface area contributed by atoms with Gasteiger partial charge in [0.05, 0.1) is 15.5 Å². The van der Waals surface area contributed by atoms with Crippen LogP contribution < -0.4 is 10.7 Å². The lowest BCUT2D eigenvalue weighted by molar-refractivity contribution is 0.0858. The van der Waals surface area contributed by atoms with Gasteiger partial charge in [-0.2, -0.15) is 0 Å². The van der Waals surface area contributed by atoms with Gasteiger partial charge in [0.15, 0.2) is 0 Å². The van der Waals surface area contributed by atoms with Crippen LogP contribution in [0.2, 0.25) is 8.67 Å². The van der Waals surface area contributed by atoms with Gasteiger partial charge in [-0.15, -0.1) is 22.7 Å². The molecule has 0 atom stereocenters. The Morgan fingerprint density at radius 3 is 2.48 bits per heavy atom. The molecule has 21 heavy (non-hydrogen) atoms. The van der Waals surface area contributed by atoms with Crippen molar-refractivity contribution in [2.45, 2.75) is 0 Å². The second-order valence-corrected chi connectivity index (χ2v) is 7.39. The van der Waals surface area contributed by atoms with Crippen molar-refractivity contribution >= 4 is 62.7 Å². The molecule has 9 heteroatoms. The van der Waals surface area contributed by atoms with Crippen molar-refractivity contribution in [2.75, 3.05) is 19.4 Å². The first-order valence-corrected chi connectivity index (χ1v) is 8.15. The van der Waals surface area contributed by atoms with Gasteiger partial charge >= 0.3 is 0 Å². The van der Waals surface area contributed by atoms with Crippen LogP contribution in [0.15, 0.2) is 17.5 Å². The minimum absolute atomic E-state index is 0.291. The van der Waals surface area contributed by atoms with Crippen molar-refractivity contribution in [2.24, 2.45) is 0 Å². The monoisotopic (exact) mass is 363 g/mol. The van der Waals surface area contributed by atoms with Crippen molar-refractivity contribution in [3.8, 4) is 0 Å². The lowest BCUT2D eigenvalue weighted by Gasteiger charge is -2.12. The van der Waals surface area contributed by atoms with Crippen molar-refractivity contribution < 1.29 is 9.59 Å². The number of hydrogen-bond acceptors (Lipinski definition) is 5. The molecular formula is C12H11Cl2N3O2S2. The Morgan fingerprint density at radius 1 is 1.19 bits per heavy atom. The second-order valence-electron chi connectivity index (χ2n) is 4.19. The number of carbonyl (C=O) groups is 2. The van der Waals surface area contributed by atoms with E-state index >= 15 is 0 Å². The molecule has 0 aliphatic carbocycles. The zero-order chi connectivity index (χ0) is 15.6. The van der Waals surface area contributed by atoms with E-state index in [1.54, 1.807) is 25.5 Å². The number of thiophene rings is 2. The van der Waals surface area contributed by atoms with Crippen molar-refractivity contribution in [3.05, 3.63) is 37.3 Å². The van der Waals surface area contributed by atoms with E-state index in [1.165, 1.54) is 22.4 Å². The molecule has 0 saturated carbocycles. The molecule has 0 radical (unpaired) electrons. The van der Waals surface area contributed by atoms with E-state index in [2.05, 4.69) is 10.7 Å². The summed E-state index contributed by atoms with van der Waals surface area (Å²) >= 11 is 14.1. The molecule has 0 aliphatic heterocycles. The number of rotatable bonds is 4. The maximum absolute atomic E-state index is 12.2. The van der Waals surface area contributed by atoms with Gasteiger partial charge < -0.3 is 5.32 Å². The van der Waals surface area contributed by atoms with Crippen LogP contribution in [0.3, 0.4) is 0 Å². The predicted molar refractivity (Wildman–Crippen MR) is 87.8 cm³/mol. The highest BCUT2D eigenvalue weighted by atomic mass is 35.5. The summed E-state index contributed by atoms with van der Waals surface area (Å²) < 4.78 is 0.746.